The van der Waals surface area contributed by atoms with Gasteiger partial charge in [-0.15, -0.1) is 0 Å². The van der Waals surface area contributed by atoms with Crippen LogP contribution >= 0.6 is 0 Å². The average Bonchev–Trinajstić information content (AvgIpc) is 2.76. The molecule has 0 fully saturated rings. The van der Waals surface area contributed by atoms with Crippen molar-refractivity contribution in [3.05, 3.63) is 35.3 Å². The van der Waals surface area contributed by atoms with E-state index in [-0.39, 0.29) is 5.88 Å². The standard InChI is InChI=1S/C13H13F3N4O2/c1-7-12(8(2)20-19-7)18-10(21)6-22-11-5-3-4-9(17-11)13(14,15)16/h3-5H,6H2,1-2H3,(H,18,21)(H,19,20). The van der Waals surface area contributed by atoms with E-state index in [0.29, 0.717) is 17.1 Å². The van der Waals surface area contributed by atoms with E-state index >= 15 is 0 Å². The van der Waals surface area contributed by atoms with Gasteiger partial charge < -0.3 is 10.1 Å². The van der Waals surface area contributed by atoms with Crippen LogP contribution in [0.25, 0.3) is 0 Å². The number of hydrogen-bond acceptors (Lipinski definition) is 4. The fourth-order valence-electron chi connectivity index (χ4n) is 1.70. The number of alkyl halides is 3. The van der Waals surface area contributed by atoms with Crippen LogP contribution in [0.1, 0.15) is 17.1 Å². The summed E-state index contributed by atoms with van der Waals surface area (Å²) < 4.78 is 42.5. The Morgan fingerprint density at radius 3 is 2.68 bits per heavy atom. The van der Waals surface area contributed by atoms with Crippen LogP contribution in [0.4, 0.5) is 18.9 Å². The quantitative estimate of drug-likeness (QED) is 0.908. The fourth-order valence-corrected chi connectivity index (χ4v) is 1.70. The fraction of sp³-hybridized carbons (Fsp3) is 0.308. The highest BCUT2D eigenvalue weighted by atomic mass is 19.4. The Morgan fingerprint density at radius 1 is 1.36 bits per heavy atom. The van der Waals surface area contributed by atoms with Crippen molar-refractivity contribution in [2.45, 2.75) is 20.0 Å². The lowest BCUT2D eigenvalue weighted by Gasteiger charge is -2.09. The maximum Gasteiger partial charge on any atom is 0.433 e. The zero-order chi connectivity index (χ0) is 16.3. The number of hydrogen-bond donors (Lipinski definition) is 2. The van der Waals surface area contributed by atoms with Gasteiger partial charge in [-0.1, -0.05) is 6.07 Å². The molecule has 0 spiro atoms. The van der Waals surface area contributed by atoms with E-state index in [1.165, 1.54) is 6.07 Å². The number of rotatable bonds is 4. The van der Waals surface area contributed by atoms with Crippen molar-refractivity contribution in [3.8, 4) is 5.88 Å². The molecule has 0 unspecified atom stereocenters. The van der Waals surface area contributed by atoms with E-state index < -0.39 is 24.4 Å². The lowest BCUT2D eigenvalue weighted by atomic mass is 10.3. The summed E-state index contributed by atoms with van der Waals surface area (Å²) in [6.45, 7) is 2.97. The number of nitrogens with one attached hydrogen (secondary N) is 2. The summed E-state index contributed by atoms with van der Waals surface area (Å²) in [6, 6.07) is 3.23. The summed E-state index contributed by atoms with van der Waals surface area (Å²) in [4.78, 5) is 15.0. The van der Waals surface area contributed by atoms with Crippen LogP contribution < -0.4 is 10.1 Å². The second-order valence-corrected chi connectivity index (χ2v) is 4.50. The third-order valence-corrected chi connectivity index (χ3v) is 2.76. The van der Waals surface area contributed by atoms with Gasteiger partial charge in [-0.05, 0) is 19.9 Å². The molecule has 9 heteroatoms. The van der Waals surface area contributed by atoms with E-state index in [0.717, 1.165) is 12.1 Å². The summed E-state index contributed by atoms with van der Waals surface area (Å²) in [5, 5.41) is 9.17. The van der Waals surface area contributed by atoms with Crippen LogP contribution in [0, 0.1) is 13.8 Å². The van der Waals surface area contributed by atoms with Gasteiger partial charge in [0.2, 0.25) is 5.88 Å². The Labute approximate surface area is 123 Å². The molecule has 0 atom stereocenters. The Balaban J connectivity index is 1.97. The van der Waals surface area contributed by atoms with Gasteiger partial charge in [-0.3, -0.25) is 9.89 Å². The molecular weight excluding hydrogens is 301 g/mol. The molecule has 0 bridgehead atoms. The van der Waals surface area contributed by atoms with Crippen LogP contribution in [-0.2, 0) is 11.0 Å². The van der Waals surface area contributed by atoms with Gasteiger partial charge in [-0.25, -0.2) is 4.98 Å². The molecule has 0 saturated heterocycles. The Bertz CT molecular complexity index is 663. The lowest BCUT2D eigenvalue weighted by molar-refractivity contribution is -0.141. The van der Waals surface area contributed by atoms with Crippen molar-refractivity contribution in [2.75, 3.05) is 11.9 Å². The van der Waals surface area contributed by atoms with Crippen LogP contribution in [0.2, 0.25) is 0 Å². The van der Waals surface area contributed by atoms with Gasteiger partial charge in [0.25, 0.3) is 5.91 Å². The van der Waals surface area contributed by atoms with Crippen LogP contribution in [0.5, 0.6) is 5.88 Å². The molecular formula is C13H13F3N4O2. The first-order valence-electron chi connectivity index (χ1n) is 6.26. The normalized spacial score (nSPS) is 11.3. The highest BCUT2D eigenvalue weighted by Crippen LogP contribution is 2.28. The second kappa shape index (κ2) is 6.04. The van der Waals surface area contributed by atoms with Crippen LogP contribution in [0.15, 0.2) is 18.2 Å². The largest absolute Gasteiger partial charge is 0.468 e. The number of amides is 1. The summed E-state index contributed by atoms with van der Waals surface area (Å²) >= 11 is 0. The van der Waals surface area contributed by atoms with Gasteiger partial charge in [0, 0.05) is 6.07 Å². The second-order valence-electron chi connectivity index (χ2n) is 4.50. The molecule has 1 amide bonds. The van der Waals surface area contributed by atoms with Crippen molar-refractivity contribution >= 4 is 11.6 Å². The van der Waals surface area contributed by atoms with Crippen molar-refractivity contribution in [1.82, 2.24) is 15.2 Å². The number of H-pyrrole nitrogens is 1. The van der Waals surface area contributed by atoms with Crippen molar-refractivity contribution in [1.29, 1.82) is 0 Å². The van der Waals surface area contributed by atoms with Gasteiger partial charge in [0.1, 0.15) is 5.69 Å². The molecule has 22 heavy (non-hydrogen) atoms. The molecule has 2 aromatic rings. The third-order valence-electron chi connectivity index (χ3n) is 2.76. The van der Waals surface area contributed by atoms with Crippen LogP contribution in [-0.4, -0.2) is 27.7 Å². The molecule has 0 radical (unpaired) electrons. The maximum absolute atomic E-state index is 12.5. The number of aryl methyl sites for hydroxylation is 2. The molecule has 0 saturated carbocycles. The molecule has 2 heterocycles. The van der Waals surface area contributed by atoms with E-state index in [1.54, 1.807) is 13.8 Å². The number of anilines is 1. The number of halogens is 3. The Kier molecular flexibility index (Phi) is 4.34. The number of pyridine rings is 1. The SMILES string of the molecule is Cc1n[nH]c(C)c1NC(=O)COc1cccc(C(F)(F)F)n1. The molecule has 0 aliphatic carbocycles. The van der Waals surface area contributed by atoms with Gasteiger partial charge >= 0.3 is 6.18 Å². The average molecular weight is 314 g/mol. The van der Waals surface area contributed by atoms with E-state index in [2.05, 4.69) is 20.5 Å². The van der Waals surface area contributed by atoms with E-state index in [9.17, 15) is 18.0 Å². The minimum absolute atomic E-state index is 0.273. The van der Waals surface area contributed by atoms with Crippen molar-refractivity contribution in [3.63, 3.8) is 0 Å². The van der Waals surface area contributed by atoms with Crippen molar-refractivity contribution in [2.24, 2.45) is 0 Å². The smallest absolute Gasteiger partial charge is 0.433 e. The number of aromatic amines is 1. The summed E-state index contributed by atoms with van der Waals surface area (Å²) in [7, 11) is 0. The monoisotopic (exact) mass is 314 g/mol. The van der Waals surface area contributed by atoms with Crippen LogP contribution in [0.3, 0.4) is 0 Å². The number of carbonyl (C=O) groups excluding carboxylic acids is 1. The molecule has 118 valence electrons. The summed E-state index contributed by atoms with van der Waals surface area (Å²) in [5.74, 6) is -0.794. The molecule has 0 aliphatic rings. The van der Waals surface area contributed by atoms with E-state index in [4.69, 9.17) is 4.74 Å². The number of aromatic nitrogens is 3. The Morgan fingerprint density at radius 2 is 2.09 bits per heavy atom. The molecule has 0 aliphatic heterocycles. The number of carbonyl (C=O) groups is 1. The number of ether oxygens (including phenoxy) is 1. The maximum atomic E-state index is 12.5. The molecule has 2 aromatic heterocycles. The Hall–Kier alpha value is -2.58. The van der Waals surface area contributed by atoms with E-state index in [1.807, 2.05) is 0 Å². The minimum Gasteiger partial charge on any atom is -0.468 e. The van der Waals surface area contributed by atoms with Gasteiger partial charge in [0.05, 0.1) is 17.1 Å². The molecule has 6 nitrogen and oxygen atoms in total. The van der Waals surface area contributed by atoms with Crippen molar-refractivity contribution < 1.29 is 22.7 Å². The minimum atomic E-state index is -4.56. The first-order chi connectivity index (χ1) is 10.3. The van der Waals surface area contributed by atoms with Gasteiger partial charge in [0.15, 0.2) is 6.61 Å². The predicted molar refractivity (Wildman–Crippen MR) is 71.4 cm³/mol. The first-order valence-corrected chi connectivity index (χ1v) is 6.26. The molecule has 2 N–H and O–H groups in total. The topological polar surface area (TPSA) is 79.9 Å². The highest BCUT2D eigenvalue weighted by molar-refractivity contribution is 5.92. The summed E-state index contributed by atoms with van der Waals surface area (Å²) in [5.41, 5.74) is 0.712. The number of nitrogens with zero attached hydrogens (tertiary/aromatic N) is 2. The zero-order valence-corrected chi connectivity index (χ0v) is 11.8. The zero-order valence-electron chi connectivity index (χ0n) is 11.8. The molecule has 2 rings (SSSR count). The lowest BCUT2D eigenvalue weighted by Crippen LogP contribution is -2.21. The predicted octanol–water partition coefficient (Wildman–Crippen LogP) is 2.46. The first kappa shape index (κ1) is 15.8. The third kappa shape index (κ3) is 3.74. The highest BCUT2D eigenvalue weighted by Gasteiger charge is 2.32. The molecule has 0 aromatic carbocycles. The van der Waals surface area contributed by atoms with Gasteiger partial charge in [-0.2, -0.15) is 18.3 Å². The summed E-state index contributed by atoms with van der Waals surface area (Å²) in [6.07, 6.45) is -4.56.